The van der Waals surface area contributed by atoms with Gasteiger partial charge in [-0.3, -0.25) is 0 Å². The molecule has 0 aromatic rings. The van der Waals surface area contributed by atoms with Gasteiger partial charge in [-0.05, 0) is 31.6 Å². The van der Waals surface area contributed by atoms with Crippen LogP contribution in [0.5, 0.6) is 0 Å². The topological polar surface area (TPSA) is 21.3 Å². The summed E-state index contributed by atoms with van der Waals surface area (Å²) in [4.78, 5) is 0. The van der Waals surface area contributed by atoms with Gasteiger partial charge in [0.2, 0.25) is 0 Å². The van der Waals surface area contributed by atoms with Gasteiger partial charge in [-0.25, -0.2) is 0 Å². The summed E-state index contributed by atoms with van der Waals surface area (Å²) in [7, 11) is 0. The maximum absolute atomic E-state index is 5.78. The SMILES string of the molecule is C=CCNCCOC1CCC(C)CC1. The van der Waals surface area contributed by atoms with Crippen LogP contribution in [0.25, 0.3) is 0 Å². The lowest BCUT2D eigenvalue weighted by Crippen LogP contribution is -2.25. The summed E-state index contributed by atoms with van der Waals surface area (Å²) >= 11 is 0. The van der Waals surface area contributed by atoms with E-state index in [1.807, 2.05) is 6.08 Å². The predicted octanol–water partition coefficient (Wildman–Crippen LogP) is 2.36. The van der Waals surface area contributed by atoms with Crippen LogP contribution in [0.15, 0.2) is 12.7 Å². The maximum Gasteiger partial charge on any atom is 0.0594 e. The van der Waals surface area contributed by atoms with Crippen molar-refractivity contribution in [3.8, 4) is 0 Å². The summed E-state index contributed by atoms with van der Waals surface area (Å²) in [5.74, 6) is 0.911. The van der Waals surface area contributed by atoms with Crippen LogP contribution in [0.2, 0.25) is 0 Å². The molecule has 1 N–H and O–H groups in total. The van der Waals surface area contributed by atoms with Crippen LogP contribution >= 0.6 is 0 Å². The van der Waals surface area contributed by atoms with Crippen molar-refractivity contribution in [1.82, 2.24) is 5.32 Å². The molecular weight excluding hydrogens is 174 g/mol. The molecule has 0 bridgehead atoms. The smallest absolute Gasteiger partial charge is 0.0594 e. The average Bonchev–Trinajstić information content (AvgIpc) is 2.21. The lowest BCUT2D eigenvalue weighted by Gasteiger charge is -2.26. The van der Waals surface area contributed by atoms with Gasteiger partial charge in [0, 0.05) is 13.1 Å². The van der Waals surface area contributed by atoms with Crippen LogP contribution in [0.3, 0.4) is 0 Å². The summed E-state index contributed by atoms with van der Waals surface area (Å²) in [5, 5.41) is 3.24. The normalized spacial score (nSPS) is 27.5. The summed E-state index contributed by atoms with van der Waals surface area (Å²) in [6.45, 7) is 8.65. The second kappa shape index (κ2) is 7.02. The lowest BCUT2D eigenvalue weighted by molar-refractivity contribution is 0.0219. The van der Waals surface area contributed by atoms with Gasteiger partial charge >= 0.3 is 0 Å². The van der Waals surface area contributed by atoms with E-state index in [0.29, 0.717) is 6.10 Å². The second-order valence-corrected chi connectivity index (χ2v) is 4.25. The molecule has 14 heavy (non-hydrogen) atoms. The molecule has 2 heteroatoms. The van der Waals surface area contributed by atoms with E-state index in [1.54, 1.807) is 0 Å². The largest absolute Gasteiger partial charge is 0.377 e. The molecule has 1 fully saturated rings. The molecule has 0 spiro atoms. The molecule has 1 aliphatic carbocycles. The molecule has 0 amide bonds. The molecule has 0 radical (unpaired) electrons. The fraction of sp³-hybridized carbons (Fsp3) is 0.833. The van der Waals surface area contributed by atoms with Crippen LogP contribution < -0.4 is 5.32 Å². The van der Waals surface area contributed by atoms with E-state index < -0.39 is 0 Å². The minimum Gasteiger partial charge on any atom is -0.377 e. The zero-order valence-electron chi connectivity index (χ0n) is 9.30. The van der Waals surface area contributed by atoms with Gasteiger partial charge in [0.1, 0.15) is 0 Å². The Labute approximate surface area is 87.7 Å². The standard InChI is InChI=1S/C12H23NO/c1-3-8-13-9-10-14-12-6-4-11(2)5-7-12/h3,11-13H,1,4-10H2,2H3. The van der Waals surface area contributed by atoms with E-state index in [4.69, 9.17) is 4.74 Å². The first kappa shape index (κ1) is 11.7. The first-order chi connectivity index (χ1) is 6.83. The Balaban J connectivity index is 1.93. The fourth-order valence-electron chi connectivity index (χ4n) is 1.90. The highest BCUT2D eigenvalue weighted by Gasteiger charge is 2.17. The van der Waals surface area contributed by atoms with Crippen LogP contribution in [-0.4, -0.2) is 25.8 Å². The monoisotopic (exact) mass is 197 g/mol. The molecule has 2 nitrogen and oxygen atoms in total. The molecule has 1 aliphatic rings. The molecule has 0 saturated heterocycles. The number of nitrogens with one attached hydrogen (secondary N) is 1. The van der Waals surface area contributed by atoms with Crippen LogP contribution in [-0.2, 0) is 4.74 Å². The molecule has 0 heterocycles. The second-order valence-electron chi connectivity index (χ2n) is 4.25. The lowest BCUT2D eigenvalue weighted by atomic mass is 9.89. The average molecular weight is 197 g/mol. The zero-order valence-corrected chi connectivity index (χ0v) is 9.30. The summed E-state index contributed by atoms with van der Waals surface area (Å²) in [5.41, 5.74) is 0. The van der Waals surface area contributed by atoms with Gasteiger partial charge in [-0.2, -0.15) is 0 Å². The summed E-state index contributed by atoms with van der Waals surface area (Å²) in [6, 6.07) is 0. The molecule has 0 aromatic carbocycles. The van der Waals surface area contributed by atoms with Crippen molar-refractivity contribution >= 4 is 0 Å². The summed E-state index contributed by atoms with van der Waals surface area (Å²) < 4.78 is 5.78. The fourth-order valence-corrected chi connectivity index (χ4v) is 1.90. The van der Waals surface area contributed by atoms with Crippen molar-refractivity contribution in [3.05, 3.63) is 12.7 Å². The number of rotatable bonds is 6. The maximum atomic E-state index is 5.78. The number of ether oxygens (including phenoxy) is 1. The molecule has 1 rings (SSSR count). The van der Waals surface area contributed by atoms with E-state index >= 15 is 0 Å². The number of hydrogen-bond donors (Lipinski definition) is 1. The third-order valence-corrected chi connectivity index (χ3v) is 2.88. The van der Waals surface area contributed by atoms with Gasteiger partial charge in [0.05, 0.1) is 12.7 Å². The van der Waals surface area contributed by atoms with Gasteiger partial charge in [0.15, 0.2) is 0 Å². The van der Waals surface area contributed by atoms with Crippen LogP contribution in [0.1, 0.15) is 32.6 Å². The van der Waals surface area contributed by atoms with Gasteiger partial charge in [-0.15, -0.1) is 6.58 Å². The third-order valence-electron chi connectivity index (χ3n) is 2.88. The highest BCUT2D eigenvalue weighted by atomic mass is 16.5. The quantitative estimate of drug-likeness (QED) is 0.521. The Kier molecular flexibility index (Phi) is 5.88. The van der Waals surface area contributed by atoms with E-state index in [2.05, 4.69) is 18.8 Å². The molecule has 0 unspecified atom stereocenters. The molecule has 0 aliphatic heterocycles. The van der Waals surface area contributed by atoms with Crippen molar-refractivity contribution in [2.45, 2.75) is 38.7 Å². The van der Waals surface area contributed by atoms with E-state index in [1.165, 1.54) is 25.7 Å². The minimum absolute atomic E-state index is 0.525. The third kappa shape index (κ3) is 4.77. The molecule has 0 atom stereocenters. The Morgan fingerprint density at radius 1 is 1.36 bits per heavy atom. The zero-order chi connectivity index (χ0) is 10.2. The molecular formula is C12H23NO. The Morgan fingerprint density at radius 3 is 2.71 bits per heavy atom. The predicted molar refractivity (Wildman–Crippen MR) is 60.4 cm³/mol. The minimum atomic E-state index is 0.525. The molecule has 1 saturated carbocycles. The van der Waals surface area contributed by atoms with Gasteiger partial charge < -0.3 is 10.1 Å². The Hall–Kier alpha value is -0.340. The molecule has 0 aromatic heterocycles. The van der Waals surface area contributed by atoms with Crippen molar-refractivity contribution < 1.29 is 4.74 Å². The molecule has 82 valence electrons. The number of hydrogen-bond acceptors (Lipinski definition) is 2. The highest BCUT2D eigenvalue weighted by molar-refractivity contribution is 4.71. The van der Waals surface area contributed by atoms with Crippen molar-refractivity contribution in [2.24, 2.45) is 5.92 Å². The van der Waals surface area contributed by atoms with Gasteiger partial charge in [0.25, 0.3) is 0 Å². The van der Waals surface area contributed by atoms with E-state index in [9.17, 15) is 0 Å². The van der Waals surface area contributed by atoms with E-state index in [-0.39, 0.29) is 0 Å². The first-order valence-corrected chi connectivity index (χ1v) is 5.76. The first-order valence-electron chi connectivity index (χ1n) is 5.76. The highest BCUT2D eigenvalue weighted by Crippen LogP contribution is 2.25. The van der Waals surface area contributed by atoms with Crippen molar-refractivity contribution in [3.63, 3.8) is 0 Å². The van der Waals surface area contributed by atoms with Crippen molar-refractivity contribution in [2.75, 3.05) is 19.7 Å². The summed E-state index contributed by atoms with van der Waals surface area (Å²) in [6.07, 6.45) is 7.58. The van der Waals surface area contributed by atoms with Crippen LogP contribution in [0, 0.1) is 5.92 Å². The van der Waals surface area contributed by atoms with Crippen LogP contribution in [0.4, 0.5) is 0 Å². The van der Waals surface area contributed by atoms with Crippen molar-refractivity contribution in [1.29, 1.82) is 0 Å². The van der Waals surface area contributed by atoms with E-state index in [0.717, 1.165) is 25.6 Å². The van der Waals surface area contributed by atoms with Gasteiger partial charge in [-0.1, -0.05) is 13.0 Å². The Morgan fingerprint density at radius 2 is 2.07 bits per heavy atom. The Bertz CT molecular complexity index is 150.